The van der Waals surface area contributed by atoms with E-state index in [2.05, 4.69) is 32.9 Å². The van der Waals surface area contributed by atoms with Gasteiger partial charge in [-0.3, -0.25) is 9.59 Å². The molecule has 0 aromatic heterocycles. The van der Waals surface area contributed by atoms with Crippen molar-refractivity contribution in [2.24, 2.45) is 46.3 Å². The van der Waals surface area contributed by atoms with Gasteiger partial charge < -0.3 is 4.74 Å². The molecule has 0 spiro atoms. The van der Waals surface area contributed by atoms with Gasteiger partial charge in [0.25, 0.3) is 0 Å². The van der Waals surface area contributed by atoms with Crippen LogP contribution in [0.1, 0.15) is 78.6 Å². The lowest BCUT2D eigenvalue weighted by atomic mass is 9.46. The van der Waals surface area contributed by atoms with E-state index in [9.17, 15) is 9.59 Å². The number of esters is 1. The summed E-state index contributed by atoms with van der Waals surface area (Å²) in [4.78, 5) is 23.7. The van der Waals surface area contributed by atoms with Gasteiger partial charge in [0.15, 0.2) is 0 Å². The van der Waals surface area contributed by atoms with Gasteiger partial charge in [-0.25, -0.2) is 0 Å². The van der Waals surface area contributed by atoms with E-state index in [1.807, 2.05) is 0 Å². The number of Topliss-reactive ketones (excluding diaryl/α,β-unsaturated/α-hetero) is 1. The summed E-state index contributed by atoms with van der Waals surface area (Å²) in [6.45, 7) is 7.39. The molecule has 3 saturated carbocycles. The minimum Gasteiger partial charge on any atom is -0.469 e. The number of carbonyl (C=O) groups is 2. The van der Waals surface area contributed by atoms with Gasteiger partial charge in [0.1, 0.15) is 5.78 Å². The first-order valence-corrected chi connectivity index (χ1v) is 11.6. The molecule has 0 aliphatic heterocycles. The van der Waals surface area contributed by atoms with Crippen molar-refractivity contribution in [3.63, 3.8) is 0 Å². The van der Waals surface area contributed by atoms with Gasteiger partial charge in [-0.2, -0.15) is 0 Å². The Hall–Kier alpha value is -1.12. The lowest BCUT2D eigenvalue weighted by Crippen LogP contribution is -2.52. The molecule has 4 aliphatic carbocycles. The zero-order valence-electron chi connectivity index (χ0n) is 18.2. The van der Waals surface area contributed by atoms with Crippen LogP contribution in [0.15, 0.2) is 12.2 Å². The summed E-state index contributed by atoms with van der Waals surface area (Å²) >= 11 is 0. The van der Waals surface area contributed by atoms with Crippen molar-refractivity contribution in [1.29, 1.82) is 0 Å². The van der Waals surface area contributed by atoms with Crippen LogP contribution in [0.5, 0.6) is 0 Å². The topological polar surface area (TPSA) is 43.4 Å². The molecule has 8 atom stereocenters. The first-order chi connectivity index (χ1) is 13.3. The Morgan fingerprint density at radius 1 is 1.14 bits per heavy atom. The van der Waals surface area contributed by atoms with Crippen molar-refractivity contribution in [2.45, 2.75) is 78.6 Å². The molecule has 0 bridgehead atoms. The maximum absolute atomic E-state index is 12.0. The molecule has 3 heteroatoms. The number of ketones is 1. The van der Waals surface area contributed by atoms with Gasteiger partial charge in [0.05, 0.1) is 7.11 Å². The van der Waals surface area contributed by atoms with Crippen LogP contribution in [-0.4, -0.2) is 18.9 Å². The summed E-state index contributed by atoms with van der Waals surface area (Å²) in [5.41, 5.74) is 0.720. The fourth-order valence-corrected chi connectivity index (χ4v) is 8.04. The largest absolute Gasteiger partial charge is 0.469 e. The van der Waals surface area contributed by atoms with E-state index in [0.717, 1.165) is 43.4 Å². The molecule has 0 heterocycles. The molecular weight excluding hydrogens is 348 g/mol. The highest BCUT2D eigenvalue weighted by Gasteiger charge is 2.59. The van der Waals surface area contributed by atoms with Crippen LogP contribution in [0, 0.1) is 46.3 Å². The van der Waals surface area contributed by atoms with Gasteiger partial charge in [0, 0.05) is 19.3 Å². The smallest absolute Gasteiger partial charge is 0.305 e. The Kier molecular flexibility index (Phi) is 5.25. The van der Waals surface area contributed by atoms with Gasteiger partial charge in [-0.15, -0.1) is 0 Å². The lowest BCUT2D eigenvalue weighted by molar-refractivity contribution is -0.141. The van der Waals surface area contributed by atoms with Crippen LogP contribution in [0.2, 0.25) is 0 Å². The molecule has 0 aromatic carbocycles. The molecule has 0 aromatic rings. The highest BCUT2D eigenvalue weighted by Crippen LogP contribution is 2.66. The first kappa shape index (κ1) is 20.2. The standard InChI is InChI=1S/C25H38O3/c1-16(5-10-23(27)28-4)20-8-9-21-19-7-6-17-15-18(26)11-13-24(17,2)22(19)12-14-25(20,21)3/h6-7,16-17,19-22H,5,8-15H2,1-4H3/t16-,17-,19+,20-,21+,22+,24+,25-/m1/s1. The van der Waals surface area contributed by atoms with Crippen molar-refractivity contribution < 1.29 is 14.3 Å². The SMILES string of the molecule is COC(=O)CC[C@@H](C)[C@H]1CC[C@H]2[C@@H]3C=C[C@@H]4CC(=O)CC[C@]4(C)[C@H]3CC[C@]12C. The highest BCUT2D eigenvalue weighted by atomic mass is 16.5. The van der Waals surface area contributed by atoms with Crippen LogP contribution >= 0.6 is 0 Å². The van der Waals surface area contributed by atoms with Crippen LogP contribution in [-0.2, 0) is 14.3 Å². The number of hydrogen-bond acceptors (Lipinski definition) is 3. The van der Waals surface area contributed by atoms with Gasteiger partial charge >= 0.3 is 5.97 Å². The minimum absolute atomic E-state index is 0.0729. The number of rotatable bonds is 4. The zero-order valence-corrected chi connectivity index (χ0v) is 18.2. The predicted molar refractivity (Wildman–Crippen MR) is 111 cm³/mol. The predicted octanol–water partition coefficient (Wildman–Crippen LogP) is 5.58. The van der Waals surface area contributed by atoms with Gasteiger partial charge in [-0.1, -0.05) is 32.9 Å². The van der Waals surface area contributed by atoms with E-state index >= 15 is 0 Å². The summed E-state index contributed by atoms with van der Waals surface area (Å²) in [5.74, 6) is 4.36. The van der Waals surface area contributed by atoms with Crippen LogP contribution < -0.4 is 0 Å². The Morgan fingerprint density at radius 3 is 2.64 bits per heavy atom. The third kappa shape index (κ3) is 3.08. The van der Waals surface area contributed by atoms with Crippen LogP contribution in [0.4, 0.5) is 0 Å². The van der Waals surface area contributed by atoms with Crippen molar-refractivity contribution in [2.75, 3.05) is 7.11 Å². The molecule has 4 rings (SSSR count). The van der Waals surface area contributed by atoms with E-state index in [1.165, 1.54) is 32.8 Å². The summed E-state index contributed by atoms with van der Waals surface area (Å²) in [6, 6.07) is 0. The average Bonchev–Trinajstić information content (AvgIpc) is 3.03. The maximum atomic E-state index is 12.0. The van der Waals surface area contributed by atoms with Crippen LogP contribution in [0.25, 0.3) is 0 Å². The highest BCUT2D eigenvalue weighted by molar-refractivity contribution is 5.80. The third-order valence-electron chi connectivity index (χ3n) is 9.77. The fraction of sp³-hybridized carbons (Fsp3) is 0.840. The maximum Gasteiger partial charge on any atom is 0.305 e. The molecule has 0 unspecified atom stereocenters. The Bertz CT molecular complexity index is 667. The van der Waals surface area contributed by atoms with E-state index in [1.54, 1.807) is 0 Å². The van der Waals surface area contributed by atoms with Crippen molar-refractivity contribution in [3.05, 3.63) is 12.2 Å². The normalized spacial score (nSPS) is 45.7. The van der Waals surface area contributed by atoms with Crippen molar-refractivity contribution >= 4 is 11.8 Å². The molecule has 0 radical (unpaired) electrons. The van der Waals surface area contributed by atoms with E-state index in [4.69, 9.17) is 4.74 Å². The number of allylic oxidation sites excluding steroid dienone is 2. The number of hydrogen-bond donors (Lipinski definition) is 0. The Labute approximate surface area is 170 Å². The number of methoxy groups -OCH3 is 1. The van der Waals surface area contributed by atoms with E-state index in [0.29, 0.717) is 40.8 Å². The van der Waals surface area contributed by atoms with Gasteiger partial charge in [0.2, 0.25) is 0 Å². The molecule has 3 fully saturated rings. The summed E-state index contributed by atoms with van der Waals surface area (Å²) in [5, 5.41) is 0. The van der Waals surface area contributed by atoms with Crippen LogP contribution in [0.3, 0.4) is 0 Å². The fourth-order valence-electron chi connectivity index (χ4n) is 8.04. The number of ether oxygens (including phenoxy) is 1. The molecular formula is C25H38O3. The minimum atomic E-state index is -0.0729. The second-order valence-corrected chi connectivity index (χ2v) is 10.9. The number of fused-ring (bicyclic) bond motifs is 5. The molecule has 3 nitrogen and oxygen atoms in total. The Balaban J connectivity index is 1.52. The quantitative estimate of drug-likeness (QED) is 0.468. The summed E-state index contributed by atoms with van der Waals surface area (Å²) in [7, 11) is 1.49. The summed E-state index contributed by atoms with van der Waals surface area (Å²) in [6.07, 6.45) is 14.4. The summed E-state index contributed by atoms with van der Waals surface area (Å²) < 4.78 is 4.86. The zero-order chi connectivity index (χ0) is 20.1. The third-order valence-corrected chi connectivity index (χ3v) is 9.77. The molecule has 0 N–H and O–H groups in total. The first-order valence-electron chi connectivity index (χ1n) is 11.6. The molecule has 156 valence electrons. The van der Waals surface area contributed by atoms with Crippen molar-refractivity contribution in [3.8, 4) is 0 Å². The molecule has 28 heavy (non-hydrogen) atoms. The van der Waals surface area contributed by atoms with Crippen molar-refractivity contribution in [1.82, 2.24) is 0 Å². The second kappa shape index (κ2) is 7.29. The molecule has 4 aliphatic rings. The average molecular weight is 387 g/mol. The number of carbonyl (C=O) groups excluding carboxylic acids is 2. The van der Waals surface area contributed by atoms with Gasteiger partial charge in [-0.05, 0) is 84.9 Å². The second-order valence-electron chi connectivity index (χ2n) is 10.9. The van der Waals surface area contributed by atoms with E-state index in [-0.39, 0.29) is 5.97 Å². The lowest BCUT2D eigenvalue weighted by Gasteiger charge is -2.58. The molecule has 0 amide bonds. The molecule has 0 saturated heterocycles. The van der Waals surface area contributed by atoms with E-state index < -0.39 is 0 Å². The monoisotopic (exact) mass is 386 g/mol. The Morgan fingerprint density at radius 2 is 1.89 bits per heavy atom.